The van der Waals surface area contributed by atoms with Gasteiger partial charge in [-0.05, 0) is 42.5 Å². The van der Waals surface area contributed by atoms with Crippen molar-refractivity contribution in [2.24, 2.45) is 0 Å². The maximum atomic E-state index is 13.4. The minimum Gasteiger partial charge on any atom is -0.497 e. The Labute approximate surface area is 169 Å². The van der Waals surface area contributed by atoms with Crippen molar-refractivity contribution in [2.45, 2.75) is 31.6 Å². The zero-order valence-electron chi connectivity index (χ0n) is 16.4. The lowest BCUT2D eigenvalue weighted by atomic mass is 9.72. The van der Waals surface area contributed by atoms with Crippen LogP contribution < -0.4 is 10.1 Å². The third-order valence-corrected chi connectivity index (χ3v) is 5.98. The quantitative estimate of drug-likeness (QED) is 0.690. The Kier molecular flexibility index (Phi) is 4.23. The van der Waals surface area contributed by atoms with E-state index < -0.39 is 0 Å². The number of aryl methyl sites for hydroxylation is 1. The third-order valence-electron chi connectivity index (χ3n) is 5.98. The highest BCUT2D eigenvalue weighted by molar-refractivity contribution is 6.01. The first kappa shape index (κ1) is 17.7. The van der Waals surface area contributed by atoms with Crippen molar-refractivity contribution in [3.05, 3.63) is 88.3 Å². The van der Waals surface area contributed by atoms with E-state index in [2.05, 4.69) is 22.6 Å². The molecule has 0 saturated carbocycles. The molecule has 0 saturated heterocycles. The predicted molar refractivity (Wildman–Crippen MR) is 110 cm³/mol. The maximum Gasteiger partial charge on any atom is 0.233 e. The standard InChI is InChI=1S/C24H22N2O3/c1-14-21-22(16-8-10-18(28-2)11-9-16)23-19(25-24(21)29-26-14)12-17(13-20(23)27)15-6-4-3-5-7-15/h3-11,17,22,25H,12-13H2,1-2H3/t17-,22+/m0/s1. The Hall–Kier alpha value is -3.34. The number of carbonyl (C=O) groups excluding carboxylic acids is 1. The number of hydrogen-bond acceptors (Lipinski definition) is 5. The summed E-state index contributed by atoms with van der Waals surface area (Å²) in [5, 5.41) is 7.54. The summed E-state index contributed by atoms with van der Waals surface area (Å²) in [6.07, 6.45) is 1.29. The van der Waals surface area contributed by atoms with Crippen molar-refractivity contribution in [3.8, 4) is 5.75 Å². The van der Waals surface area contributed by atoms with Crippen molar-refractivity contribution in [2.75, 3.05) is 12.4 Å². The van der Waals surface area contributed by atoms with Crippen LogP contribution in [0.15, 0.2) is 70.4 Å². The number of hydrogen-bond donors (Lipinski definition) is 1. The molecule has 1 aliphatic heterocycles. The summed E-state index contributed by atoms with van der Waals surface area (Å²) >= 11 is 0. The van der Waals surface area contributed by atoms with Crippen molar-refractivity contribution < 1.29 is 14.1 Å². The van der Waals surface area contributed by atoms with Crippen LogP contribution in [0.5, 0.6) is 5.75 Å². The smallest absolute Gasteiger partial charge is 0.233 e. The second kappa shape index (κ2) is 6.92. The molecule has 146 valence electrons. The first-order chi connectivity index (χ1) is 14.2. The molecule has 2 atom stereocenters. The van der Waals surface area contributed by atoms with Crippen LogP contribution in [0.3, 0.4) is 0 Å². The third kappa shape index (κ3) is 2.94. The highest BCUT2D eigenvalue weighted by Crippen LogP contribution is 2.49. The molecular weight excluding hydrogens is 364 g/mol. The number of aromatic nitrogens is 1. The Balaban J connectivity index is 1.61. The first-order valence-electron chi connectivity index (χ1n) is 9.84. The second-order valence-electron chi connectivity index (χ2n) is 7.67. The van der Waals surface area contributed by atoms with E-state index in [1.165, 1.54) is 5.56 Å². The Morgan fingerprint density at radius 3 is 2.52 bits per heavy atom. The molecule has 5 rings (SSSR count). The van der Waals surface area contributed by atoms with Gasteiger partial charge in [0.05, 0.1) is 18.4 Å². The minimum absolute atomic E-state index is 0.164. The number of ether oxygens (including phenoxy) is 1. The van der Waals surface area contributed by atoms with Crippen LogP contribution >= 0.6 is 0 Å². The molecule has 2 aromatic carbocycles. The van der Waals surface area contributed by atoms with Gasteiger partial charge in [0.1, 0.15) is 5.75 Å². The van der Waals surface area contributed by atoms with Crippen LogP contribution in [-0.2, 0) is 4.79 Å². The van der Waals surface area contributed by atoms with Gasteiger partial charge in [-0.2, -0.15) is 0 Å². The molecule has 1 aliphatic carbocycles. The molecule has 0 fully saturated rings. The fourth-order valence-electron chi connectivity index (χ4n) is 4.56. The molecule has 0 bridgehead atoms. The highest BCUT2D eigenvalue weighted by atomic mass is 16.5. The number of benzene rings is 2. The summed E-state index contributed by atoms with van der Waals surface area (Å²) in [7, 11) is 1.65. The SMILES string of the molecule is COc1ccc([C@H]2C3=C(C[C@H](c4ccccc4)CC3=O)Nc3onc(C)c32)cc1. The first-order valence-corrected chi connectivity index (χ1v) is 9.84. The number of carbonyl (C=O) groups is 1. The maximum absolute atomic E-state index is 13.4. The number of ketones is 1. The van der Waals surface area contributed by atoms with Crippen molar-refractivity contribution >= 4 is 11.7 Å². The second-order valence-corrected chi connectivity index (χ2v) is 7.67. The van der Waals surface area contributed by atoms with Crippen LogP contribution in [0.25, 0.3) is 0 Å². The van der Waals surface area contributed by atoms with E-state index in [-0.39, 0.29) is 17.6 Å². The van der Waals surface area contributed by atoms with Crippen molar-refractivity contribution in [1.29, 1.82) is 0 Å². The number of allylic oxidation sites excluding steroid dienone is 2. The van der Waals surface area contributed by atoms with Crippen LogP contribution in [-0.4, -0.2) is 18.0 Å². The number of nitrogens with zero attached hydrogens (tertiary/aromatic N) is 1. The Morgan fingerprint density at radius 2 is 1.79 bits per heavy atom. The van der Waals surface area contributed by atoms with Gasteiger partial charge in [0.2, 0.25) is 5.88 Å². The molecule has 1 aromatic heterocycles. The average molecular weight is 386 g/mol. The summed E-state index contributed by atoms with van der Waals surface area (Å²) in [4.78, 5) is 13.4. The number of methoxy groups -OCH3 is 1. The molecule has 0 spiro atoms. The van der Waals surface area contributed by atoms with Gasteiger partial charge < -0.3 is 14.6 Å². The summed E-state index contributed by atoms with van der Waals surface area (Å²) in [5.74, 6) is 1.60. The number of anilines is 1. The largest absolute Gasteiger partial charge is 0.497 e. The molecule has 5 nitrogen and oxygen atoms in total. The summed E-state index contributed by atoms with van der Waals surface area (Å²) in [6.45, 7) is 1.92. The molecule has 0 radical (unpaired) electrons. The van der Waals surface area contributed by atoms with Crippen LogP contribution in [0.1, 0.15) is 47.1 Å². The van der Waals surface area contributed by atoms with Gasteiger partial charge in [-0.25, -0.2) is 0 Å². The lowest BCUT2D eigenvalue weighted by molar-refractivity contribution is -0.116. The number of nitrogens with one attached hydrogen (secondary N) is 1. The highest BCUT2D eigenvalue weighted by Gasteiger charge is 2.41. The van der Waals surface area contributed by atoms with Gasteiger partial charge in [0.25, 0.3) is 0 Å². The minimum atomic E-state index is -0.178. The van der Waals surface area contributed by atoms with Gasteiger partial charge in [0, 0.05) is 23.6 Å². The van der Waals surface area contributed by atoms with E-state index in [0.29, 0.717) is 12.3 Å². The molecule has 5 heteroatoms. The predicted octanol–water partition coefficient (Wildman–Crippen LogP) is 4.95. The van der Waals surface area contributed by atoms with Gasteiger partial charge in [0.15, 0.2) is 5.78 Å². The molecule has 0 amide bonds. The summed E-state index contributed by atoms with van der Waals surface area (Å²) in [5.41, 5.74) is 5.76. The topological polar surface area (TPSA) is 64.4 Å². The molecule has 2 heterocycles. The van der Waals surface area contributed by atoms with Crippen LogP contribution in [0, 0.1) is 6.92 Å². The molecule has 3 aromatic rings. The monoisotopic (exact) mass is 386 g/mol. The van der Waals surface area contributed by atoms with Gasteiger partial charge in [-0.1, -0.05) is 47.6 Å². The Morgan fingerprint density at radius 1 is 1.03 bits per heavy atom. The van der Waals surface area contributed by atoms with Gasteiger partial charge in [-0.15, -0.1) is 0 Å². The number of rotatable bonds is 3. The normalized spacial score (nSPS) is 20.7. The molecular formula is C24H22N2O3. The molecule has 29 heavy (non-hydrogen) atoms. The lowest BCUT2D eigenvalue weighted by Gasteiger charge is -2.34. The summed E-state index contributed by atoms with van der Waals surface area (Å²) in [6, 6.07) is 18.1. The van der Waals surface area contributed by atoms with E-state index in [9.17, 15) is 4.79 Å². The fourth-order valence-corrected chi connectivity index (χ4v) is 4.56. The van der Waals surface area contributed by atoms with E-state index in [0.717, 1.165) is 40.3 Å². The molecule has 0 unspecified atom stereocenters. The van der Waals surface area contributed by atoms with Gasteiger partial charge >= 0.3 is 0 Å². The lowest BCUT2D eigenvalue weighted by Crippen LogP contribution is -2.29. The fraction of sp³-hybridized carbons (Fsp3) is 0.250. The number of fused-ring (bicyclic) bond motifs is 1. The average Bonchev–Trinajstić information content (AvgIpc) is 3.13. The van der Waals surface area contributed by atoms with E-state index >= 15 is 0 Å². The zero-order valence-corrected chi connectivity index (χ0v) is 16.4. The Bertz CT molecular complexity index is 1100. The number of Topliss-reactive ketones (excluding diaryl/α,β-unsaturated/α-hetero) is 1. The van der Waals surface area contributed by atoms with Crippen LogP contribution in [0.2, 0.25) is 0 Å². The van der Waals surface area contributed by atoms with Crippen molar-refractivity contribution in [3.63, 3.8) is 0 Å². The van der Waals surface area contributed by atoms with Crippen LogP contribution in [0.4, 0.5) is 5.88 Å². The zero-order chi connectivity index (χ0) is 20.0. The molecule has 2 aliphatic rings. The van der Waals surface area contributed by atoms with Gasteiger partial charge in [-0.3, -0.25) is 4.79 Å². The van der Waals surface area contributed by atoms with E-state index in [1.807, 2.05) is 49.4 Å². The molecule has 1 N–H and O–H groups in total. The van der Waals surface area contributed by atoms with E-state index in [1.54, 1.807) is 7.11 Å². The summed E-state index contributed by atoms with van der Waals surface area (Å²) < 4.78 is 10.9. The van der Waals surface area contributed by atoms with E-state index in [4.69, 9.17) is 9.26 Å². The van der Waals surface area contributed by atoms with Crippen molar-refractivity contribution in [1.82, 2.24) is 5.16 Å².